The van der Waals surface area contributed by atoms with E-state index in [-0.39, 0.29) is 19.4 Å². The zero-order valence-electron chi connectivity index (χ0n) is 18.2. The van der Waals surface area contributed by atoms with Crippen LogP contribution >= 0.6 is 11.8 Å². The van der Waals surface area contributed by atoms with Gasteiger partial charge < -0.3 is 36.6 Å². The lowest BCUT2D eigenvalue weighted by Gasteiger charge is -2.28. The molecule has 4 unspecified atom stereocenters. The fourth-order valence-electron chi connectivity index (χ4n) is 3.35. The van der Waals surface area contributed by atoms with Crippen molar-refractivity contribution in [2.45, 2.75) is 62.7 Å². The Kier molecular flexibility index (Phi) is 11.6. The maximum atomic E-state index is 13.0. The van der Waals surface area contributed by atoms with E-state index in [9.17, 15) is 33.9 Å². The summed E-state index contributed by atoms with van der Waals surface area (Å²) in [5, 5.41) is 31.8. The molecule has 0 bridgehead atoms. The molecule has 3 amide bonds. The first-order valence-corrected chi connectivity index (χ1v) is 11.7. The zero-order valence-corrected chi connectivity index (χ0v) is 19.0. The molecule has 13 nitrogen and oxygen atoms in total. The number of nitrogens with zero attached hydrogens (tertiary/aromatic N) is 1. The number of thioether (sulfide) groups is 1. The van der Waals surface area contributed by atoms with E-state index in [2.05, 4.69) is 10.6 Å². The monoisotopic (exact) mass is 490 g/mol. The van der Waals surface area contributed by atoms with Gasteiger partial charge in [0, 0.05) is 13.0 Å². The third-order valence-electron chi connectivity index (χ3n) is 5.06. The first-order valence-electron chi connectivity index (χ1n) is 10.3. The highest BCUT2D eigenvalue weighted by molar-refractivity contribution is 7.98. The van der Waals surface area contributed by atoms with Gasteiger partial charge in [-0.25, -0.2) is 4.79 Å². The van der Waals surface area contributed by atoms with Gasteiger partial charge in [-0.2, -0.15) is 11.8 Å². The van der Waals surface area contributed by atoms with Gasteiger partial charge in [0.1, 0.15) is 18.1 Å². The molecule has 186 valence electrons. The average Bonchev–Trinajstić information content (AvgIpc) is 3.22. The van der Waals surface area contributed by atoms with Crippen LogP contribution in [0.15, 0.2) is 0 Å². The summed E-state index contributed by atoms with van der Waals surface area (Å²) in [6.07, 6.45) is 1.28. The molecule has 1 heterocycles. The van der Waals surface area contributed by atoms with Gasteiger partial charge in [-0.3, -0.25) is 24.0 Å². The third kappa shape index (κ3) is 9.26. The van der Waals surface area contributed by atoms with E-state index in [4.69, 9.17) is 15.9 Å². The summed E-state index contributed by atoms with van der Waals surface area (Å²) in [5.74, 6) is -5.61. The van der Waals surface area contributed by atoms with Gasteiger partial charge in [0.25, 0.3) is 0 Å². The van der Waals surface area contributed by atoms with Gasteiger partial charge in [-0.05, 0) is 37.7 Å². The summed E-state index contributed by atoms with van der Waals surface area (Å²) in [5.41, 5.74) is 5.50. The topological polar surface area (TPSA) is 216 Å². The highest BCUT2D eigenvalue weighted by Crippen LogP contribution is 2.20. The Morgan fingerprint density at radius 3 is 2.18 bits per heavy atom. The van der Waals surface area contributed by atoms with Crippen molar-refractivity contribution in [1.29, 1.82) is 0 Å². The van der Waals surface area contributed by atoms with Crippen LogP contribution < -0.4 is 16.4 Å². The summed E-state index contributed by atoms with van der Waals surface area (Å²) in [6.45, 7) is 0.227. The van der Waals surface area contributed by atoms with E-state index in [1.54, 1.807) is 6.26 Å². The van der Waals surface area contributed by atoms with Crippen LogP contribution in [0.5, 0.6) is 0 Å². The van der Waals surface area contributed by atoms with E-state index in [1.807, 2.05) is 0 Å². The molecular formula is C19H30N4O9S. The van der Waals surface area contributed by atoms with Crippen LogP contribution in [-0.4, -0.2) is 98.6 Å². The van der Waals surface area contributed by atoms with Gasteiger partial charge in [0.2, 0.25) is 17.7 Å². The standard InChI is InChI=1S/C19H30N4O9S/c1-33-8-6-12(18(30)23-7-2-3-13(23)19(31)32)22-17(29)11(4-5-14(24)25)21-16(28)10(20)9-15(26)27/h10-13H,2-9,20H2,1H3,(H,21,28)(H,22,29)(H,24,25)(H,26,27)(H,31,32). The zero-order chi connectivity index (χ0) is 25.1. The second-order valence-corrected chi connectivity index (χ2v) is 8.55. The molecule has 0 radical (unpaired) electrons. The first kappa shape index (κ1) is 28.2. The van der Waals surface area contributed by atoms with Crippen LogP contribution in [0.3, 0.4) is 0 Å². The summed E-state index contributed by atoms with van der Waals surface area (Å²) >= 11 is 1.41. The number of nitrogens with one attached hydrogen (secondary N) is 2. The lowest BCUT2D eigenvalue weighted by atomic mass is 10.1. The number of amides is 3. The summed E-state index contributed by atoms with van der Waals surface area (Å²) in [6, 6.07) is -4.92. The molecule has 0 aliphatic carbocycles. The summed E-state index contributed by atoms with van der Waals surface area (Å²) < 4.78 is 0. The quantitative estimate of drug-likeness (QED) is 0.164. The van der Waals surface area contributed by atoms with Crippen molar-refractivity contribution in [2.75, 3.05) is 18.6 Å². The third-order valence-corrected chi connectivity index (χ3v) is 5.70. The minimum atomic E-state index is -1.46. The SMILES string of the molecule is CSCCC(NC(=O)C(CCC(=O)O)NC(=O)C(N)CC(=O)O)C(=O)N1CCCC1C(=O)O. The maximum Gasteiger partial charge on any atom is 0.326 e. The van der Waals surface area contributed by atoms with Gasteiger partial charge in [0.15, 0.2) is 0 Å². The molecule has 1 aliphatic heterocycles. The van der Waals surface area contributed by atoms with Crippen LogP contribution in [0, 0.1) is 0 Å². The Bertz CT molecular complexity index is 764. The lowest BCUT2D eigenvalue weighted by Crippen LogP contribution is -2.57. The molecule has 0 aromatic carbocycles. The second kappa shape index (κ2) is 13.6. The molecule has 1 saturated heterocycles. The number of likely N-dealkylation sites (tertiary alicyclic amines) is 1. The highest BCUT2D eigenvalue weighted by Gasteiger charge is 2.38. The lowest BCUT2D eigenvalue weighted by molar-refractivity contribution is -0.149. The smallest absolute Gasteiger partial charge is 0.326 e. The molecule has 1 rings (SSSR count). The van der Waals surface area contributed by atoms with Gasteiger partial charge in [-0.1, -0.05) is 0 Å². The van der Waals surface area contributed by atoms with Crippen molar-refractivity contribution in [1.82, 2.24) is 15.5 Å². The molecule has 0 aromatic rings. The van der Waals surface area contributed by atoms with Crippen LogP contribution in [0.25, 0.3) is 0 Å². The van der Waals surface area contributed by atoms with Crippen molar-refractivity contribution in [3.05, 3.63) is 0 Å². The van der Waals surface area contributed by atoms with Gasteiger partial charge in [0.05, 0.1) is 12.5 Å². The van der Waals surface area contributed by atoms with E-state index in [0.717, 1.165) is 0 Å². The molecule has 4 atom stereocenters. The van der Waals surface area contributed by atoms with Crippen molar-refractivity contribution >= 4 is 47.4 Å². The van der Waals surface area contributed by atoms with E-state index < -0.39 is 72.6 Å². The average molecular weight is 491 g/mol. The maximum absolute atomic E-state index is 13.0. The van der Waals surface area contributed by atoms with Crippen LogP contribution in [0.2, 0.25) is 0 Å². The van der Waals surface area contributed by atoms with Crippen molar-refractivity contribution < 1.29 is 44.1 Å². The summed E-state index contributed by atoms with van der Waals surface area (Å²) in [4.78, 5) is 72.5. The fourth-order valence-corrected chi connectivity index (χ4v) is 3.82. The largest absolute Gasteiger partial charge is 0.481 e. The number of carboxylic acid groups (broad SMARTS) is 3. The Hall–Kier alpha value is -2.87. The number of aliphatic carboxylic acids is 3. The molecular weight excluding hydrogens is 460 g/mol. The second-order valence-electron chi connectivity index (χ2n) is 7.57. The molecule has 7 N–H and O–H groups in total. The predicted molar refractivity (Wildman–Crippen MR) is 116 cm³/mol. The summed E-state index contributed by atoms with van der Waals surface area (Å²) in [7, 11) is 0. The van der Waals surface area contributed by atoms with Crippen molar-refractivity contribution in [3.8, 4) is 0 Å². The van der Waals surface area contributed by atoms with E-state index in [1.165, 1.54) is 16.7 Å². The number of rotatable bonds is 14. The Morgan fingerprint density at radius 2 is 1.64 bits per heavy atom. The molecule has 0 spiro atoms. The minimum absolute atomic E-state index is 0.187. The van der Waals surface area contributed by atoms with Crippen LogP contribution in [0.4, 0.5) is 0 Å². The molecule has 14 heteroatoms. The minimum Gasteiger partial charge on any atom is -0.481 e. The van der Waals surface area contributed by atoms with Crippen LogP contribution in [0.1, 0.15) is 38.5 Å². The van der Waals surface area contributed by atoms with E-state index >= 15 is 0 Å². The fraction of sp³-hybridized carbons (Fsp3) is 0.684. The molecule has 0 aromatic heterocycles. The molecule has 1 fully saturated rings. The van der Waals surface area contributed by atoms with E-state index in [0.29, 0.717) is 18.6 Å². The molecule has 0 saturated carbocycles. The van der Waals surface area contributed by atoms with Crippen LogP contribution in [-0.2, 0) is 28.8 Å². The predicted octanol–water partition coefficient (Wildman–Crippen LogP) is -1.55. The normalized spacial score (nSPS) is 18.1. The number of carbonyl (C=O) groups excluding carboxylic acids is 3. The number of hydrogen-bond donors (Lipinski definition) is 6. The van der Waals surface area contributed by atoms with Crippen molar-refractivity contribution in [2.24, 2.45) is 5.73 Å². The number of nitrogens with two attached hydrogens (primary N) is 1. The first-order chi connectivity index (χ1) is 15.5. The number of carbonyl (C=O) groups is 6. The molecule has 33 heavy (non-hydrogen) atoms. The Balaban J connectivity index is 2.99. The highest BCUT2D eigenvalue weighted by atomic mass is 32.2. The Morgan fingerprint density at radius 1 is 1.00 bits per heavy atom. The van der Waals surface area contributed by atoms with Crippen molar-refractivity contribution in [3.63, 3.8) is 0 Å². The Labute approximate surface area is 194 Å². The van der Waals surface area contributed by atoms with Gasteiger partial charge in [-0.15, -0.1) is 0 Å². The number of carboxylic acids is 3. The van der Waals surface area contributed by atoms with Gasteiger partial charge >= 0.3 is 17.9 Å². The number of hydrogen-bond acceptors (Lipinski definition) is 8. The molecule has 1 aliphatic rings.